The molecule has 0 amide bonds. The molecule has 0 aliphatic carbocycles. The molecular formula is C24H42NO4-. The summed E-state index contributed by atoms with van der Waals surface area (Å²) in [4.78, 5) is 0. The van der Waals surface area contributed by atoms with Gasteiger partial charge < -0.3 is 24.3 Å². The summed E-state index contributed by atoms with van der Waals surface area (Å²) < 4.78 is 22.7. The van der Waals surface area contributed by atoms with E-state index in [0.717, 1.165) is 42.5 Å². The molecule has 29 heavy (non-hydrogen) atoms. The Balaban J connectivity index is 5.07. The fourth-order valence-electron chi connectivity index (χ4n) is 3.17. The molecule has 0 radical (unpaired) electrons. The maximum atomic E-state index is 5.76. The Labute approximate surface area is 178 Å². The van der Waals surface area contributed by atoms with E-state index in [4.69, 9.17) is 18.9 Å². The van der Waals surface area contributed by atoms with E-state index in [2.05, 4.69) is 37.9 Å². The van der Waals surface area contributed by atoms with Gasteiger partial charge in [0.05, 0.1) is 24.4 Å². The van der Waals surface area contributed by atoms with Crippen molar-refractivity contribution < 1.29 is 18.9 Å². The lowest BCUT2D eigenvalue weighted by Gasteiger charge is -2.27. The van der Waals surface area contributed by atoms with Gasteiger partial charge in [0, 0.05) is 41.3 Å². The van der Waals surface area contributed by atoms with Crippen LogP contribution in [-0.2, 0) is 18.9 Å². The van der Waals surface area contributed by atoms with Crippen LogP contribution in [-0.4, -0.2) is 59.9 Å². The highest BCUT2D eigenvalue weighted by atomic mass is 16.5. The van der Waals surface area contributed by atoms with Crippen molar-refractivity contribution >= 4 is 0 Å². The first-order valence-corrected chi connectivity index (χ1v) is 10.2. The van der Waals surface area contributed by atoms with Crippen molar-refractivity contribution in [2.45, 2.75) is 70.9 Å². The van der Waals surface area contributed by atoms with Crippen molar-refractivity contribution in [1.82, 2.24) is 0 Å². The Morgan fingerprint density at radius 2 is 1.38 bits per heavy atom. The first-order valence-electron chi connectivity index (χ1n) is 10.2. The standard InChI is InChI=1S/C24H42NO4/c1-10-11-21(26-6)15-22(27-7)16-23(28-8)17-24(29-9)19(3)14-18(2)12-13-20(4)25-5/h10,12-14,21-24H,1,11,15-17H2,2-9H3/q-1/b18-12+,19-14+,20-13+/t21-,22-,23-,24-/m0/s1. The number of rotatable bonds is 16. The maximum Gasteiger partial charge on any atom is 0.0806 e. The molecule has 0 fully saturated rings. The summed E-state index contributed by atoms with van der Waals surface area (Å²) in [7, 11) is 8.75. The zero-order chi connectivity index (χ0) is 22.2. The Kier molecular flexibility index (Phi) is 15.6. The van der Waals surface area contributed by atoms with E-state index >= 15 is 0 Å². The van der Waals surface area contributed by atoms with Gasteiger partial charge in [0.2, 0.25) is 0 Å². The third-order valence-electron chi connectivity index (χ3n) is 5.15. The lowest BCUT2D eigenvalue weighted by molar-refractivity contribution is -0.0263. The van der Waals surface area contributed by atoms with Crippen LogP contribution in [0, 0.1) is 0 Å². The molecule has 0 aromatic carbocycles. The molecule has 0 aliphatic rings. The molecule has 0 aliphatic heterocycles. The number of ether oxygens (including phenoxy) is 4. The third kappa shape index (κ3) is 12.0. The second kappa shape index (κ2) is 16.4. The second-order valence-electron chi connectivity index (χ2n) is 7.36. The van der Waals surface area contributed by atoms with Crippen LogP contribution in [0.15, 0.2) is 47.7 Å². The Bertz CT molecular complexity index is 539. The first kappa shape index (κ1) is 27.6. The second-order valence-corrected chi connectivity index (χ2v) is 7.36. The highest BCUT2D eigenvalue weighted by molar-refractivity contribution is 5.29. The lowest BCUT2D eigenvalue weighted by Crippen LogP contribution is -2.30. The SMILES string of the molecule is C=CC[C@@H](C[C@@H](C[C@@H](C[C@H](OC)/C(C)=C/C(C)=C/C=C(\C)[N-]C)OC)OC)OC. The number of hydrogen-bond acceptors (Lipinski definition) is 4. The van der Waals surface area contributed by atoms with Crippen molar-refractivity contribution in [1.29, 1.82) is 0 Å². The van der Waals surface area contributed by atoms with Crippen LogP contribution in [0.4, 0.5) is 0 Å². The van der Waals surface area contributed by atoms with E-state index in [0.29, 0.717) is 0 Å². The van der Waals surface area contributed by atoms with Gasteiger partial charge in [-0.2, -0.15) is 5.70 Å². The van der Waals surface area contributed by atoms with Crippen LogP contribution in [0.5, 0.6) is 0 Å². The van der Waals surface area contributed by atoms with Crippen molar-refractivity contribution in [3.8, 4) is 0 Å². The van der Waals surface area contributed by atoms with Crippen molar-refractivity contribution in [3.05, 3.63) is 53.0 Å². The van der Waals surface area contributed by atoms with Crippen LogP contribution in [0.2, 0.25) is 0 Å². The van der Waals surface area contributed by atoms with Gasteiger partial charge in [-0.1, -0.05) is 36.8 Å². The topological polar surface area (TPSA) is 51.0 Å². The zero-order valence-electron chi connectivity index (χ0n) is 19.7. The Hall–Kier alpha value is -1.40. The van der Waals surface area contributed by atoms with E-state index in [1.807, 2.05) is 19.1 Å². The van der Waals surface area contributed by atoms with Crippen LogP contribution < -0.4 is 0 Å². The van der Waals surface area contributed by atoms with Crippen molar-refractivity contribution in [3.63, 3.8) is 0 Å². The molecule has 0 saturated carbocycles. The minimum atomic E-state index is -0.0202. The van der Waals surface area contributed by atoms with Crippen LogP contribution in [0.1, 0.15) is 46.5 Å². The quantitative estimate of drug-likeness (QED) is 0.247. The zero-order valence-corrected chi connectivity index (χ0v) is 19.7. The smallest absolute Gasteiger partial charge is 0.0806 e. The molecular weight excluding hydrogens is 366 g/mol. The van der Waals surface area contributed by atoms with Crippen LogP contribution in [0.3, 0.4) is 0 Å². The van der Waals surface area contributed by atoms with E-state index in [1.54, 1.807) is 35.5 Å². The molecule has 0 aromatic rings. The van der Waals surface area contributed by atoms with Crippen molar-refractivity contribution in [2.24, 2.45) is 0 Å². The van der Waals surface area contributed by atoms with E-state index in [1.165, 1.54) is 0 Å². The van der Waals surface area contributed by atoms with Gasteiger partial charge in [-0.15, -0.1) is 13.6 Å². The molecule has 5 heteroatoms. The molecule has 5 nitrogen and oxygen atoms in total. The summed E-state index contributed by atoms with van der Waals surface area (Å²) in [6, 6.07) is 0. The van der Waals surface area contributed by atoms with Gasteiger partial charge in [-0.3, -0.25) is 0 Å². The van der Waals surface area contributed by atoms with E-state index in [-0.39, 0.29) is 24.4 Å². The molecule has 0 spiro atoms. The fraction of sp³-hybridized carbons (Fsp3) is 0.667. The molecule has 0 bridgehead atoms. The average molecular weight is 409 g/mol. The molecule has 0 aromatic heterocycles. The Morgan fingerprint density at radius 1 is 0.828 bits per heavy atom. The number of methoxy groups -OCH3 is 4. The molecule has 0 heterocycles. The van der Waals surface area contributed by atoms with Gasteiger partial charge >= 0.3 is 0 Å². The number of nitrogens with zero attached hydrogens (tertiary/aromatic N) is 1. The van der Waals surface area contributed by atoms with Crippen LogP contribution >= 0.6 is 0 Å². The summed E-state index contributed by atoms with van der Waals surface area (Å²) in [5.74, 6) is 0. The van der Waals surface area contributed by atoms with E-state index in [9.17, 15) is 0 Å². The largest absolute Gasteiger partial charge is 0.691 e. The highest BCUT2D eigenvalue weighted by Crippen LogP contribution is 2.22. The monoisotopic (exact) mass is 408 g/mol. The molecule has 168 valence electrons. The predicted octanol–water partition coefficient (Wildman–Crippen LogP) is 5.59. The highest BCUT2D eigenvalue weighted by Gasteiger charge is 2.23. The third-order valence-corrected chi connectivity index (χ3v) is 5.15. The minimum Gasteiger partial charge on any atom is -0.691 e. The molecule has 0 unspecified atom stereocenters. The number of hydrogen-bond donors (Lipinski definition) is 0. The van der Waals surface area contributed by atoms with Gasteiger partial charge in [0.25, 0.3) is 0 Å². The predicted molar refractivity (Wildman–Crippen MR) is 122 cm³/mol. The average Bonchev–Trinajstić information content (AvgIpc) is 2.73. The van der Waals surface area contributed by atoms with E-state index < -0.39 is 0 Å². The summed E-state index contributed by atoms with van der Waals surface area (Å²) >= 11 is 0. The van der Waals surface area contributed by atoms with Gasteiger partial charge in [-0.05, 0) is 32.3 Å². The number of allylic oxidation sites excluding steroid dienone is 5. The lowest BCUT2D eigenvalue weighted by atomic mass is 9.96. The van der Waals surface area contributed by atoms with Gasteiger partial charge in [0.15, 0.2) is 0 Å². The summed E-state index contributed by atoms with van der Waals surface area (Å²) in [6.45, 7) is 9.95. The van der Waals surface area contributed by atoms with Gasteiger partial charge in [0.1, 0.15) is 0 Å². The van der Waals surface area contributed by atoms with Crippen LogP contribution in [0.25, 0.3) is 5.32 Å². The van der Waals surface area contributed by atoms with Gasteiger partial charge in [-0.25, -0.2) is 0 Å². The summed E-state index contributed by atoms with van der Waals surface area (Å²) in [5.41, 5.74) is 3.32. The fourth-order valence-corrected chi connectivity index (χ4v) is 3.17. The normalized spacial score (nSPS) is 17.6. The Morgan fingerprint density at radius 3 is 1.86 bits per heavy atom. The minimum absolute atomic E-state index is 0.0202. The van der Waals surface area contributed by atoms with Crippen molar-refractivity contribution in [2.75, 3.05) is 35.5 Å². The molecule has 4 atom stereocenters. The summed E-state index contributed by atoms with van der Waals surface area (Å²) in [6.07, 6.45) is 11.4. The molecule has 0 N–H and O–H groups in total. The molecule has 0 saturated heterocycles. The summed E-state index contributed by atoms with van der Waals surface area (Å²) in [5, 5.41) is 4.14. The molecule has 0 rings (SSSR count). The maximum absolute atomic E-state index is 5.76. The first-order chi connectivity index (χ1) is 13.8.